The summed E-state index contributed by atoms with van der Waals surface area (Å²) in [7, 11) is 0. The lowest BCUT2D eigenvalue weighted by molar-refractivity contribution is 0.0951. The van der Waals surface area contributed by atoms with Gasteiger partial charge in [-0.1, -0.05) is 57.9 Å². The van der Waals surface area contributed by atoms with Crippen molar-refractivity contribution < 1.29 is 4.79 Å². The molecule has 0 aliphatic carbocycles. The fourth-order valence-electron chi connectivity index (χ4n) is 1.70. The Morgan fingerprint density at radius 3 is 2.40 bits per heavy atom. The minimum Gasteiger partial charge on any atom is -0.348 e. The van der Waals surface area contributed by atoms with Crippen LogP contribution in [0.15, 0.2) is 46.9 Å². The van der Waals surface area contributed by atoms with Crippen LogP contribution in [0.5, 0.6) is 0 Å². The van der Waals surface area contributed by atoms with Crippen molar-refractivity contribution in [3.63, 3.8) is 0 Å². The van der Waals surface area contributed by atoms with Gasteiger partial charge < -0.3 is 5.32 Å². The average molecular weight is 418 g/mol. The first-order valence-electron chi connectivity index (χ1n) is 5.98. The molecule has 0 bridgehead atoms. The number of alkyl halides is 1. The minimum atomic E-state index is -0.180. The molecule has 1 N–H and O–H groups in total. The highest BCUT2D eigenvalue weighted by Gasteiger charge is 2.11. The number of nitrogens with one attached hydrogen (secondary N) is 1. The van der Waals surface area contributed by atoms with Gasteiger partial charge in [0.1, 0.15) is 0 Å². The second-order valence-electron chi connectivity index (χ2n) is 4.23. The normalized spacial score (nSPS) is 10.3. The summed E-state index contributed by atoms with van der Waals surface area (Å²) in [5.74, 6) is -0.180. The van der Waals surface area contributed by atoms with Crippen molar-refractivity contribution in [1.29, 1.82) is 0 Å². The van der Waals surface area contributed by atoms with E-state index in [-0.39, 0.29) is 5.91 Å². The van der Waals surface area contributed by atoms with Gasteiger partial charge in [-0.3, -0.25) is 4.79 Å². The molecule has 2 aromatic rings. The molecule has 0 fully saturated rings. The lowest BCUT2D eigenvalue weighted by atomic mass is 10.1. The highest BCUT2D eigenvalue weighted by Crippen LogP contribution is 2.25. The zero-order valence-electron chi connectivity index (χ0n) is 10.5. The van der Waals surface area contributed by atoms with Crippen molar-refractivity contribution in [1.82, 2.24) is 5.32 Å². The molecule has 0 aliphatic heterocycles. The van der Waals surface area contributed by atoms with Crippen LogP contribution in [0, 0.1) is 0 Å². The van der Waals surface area contributed by atoms with E-state index in [1.54, 1.807) is 18.2 Å². The summed E-state index contributed by atoms with van der Waals surface area (Å²) in [5.41, 5.74) is 2.72. The first kappa shape index (κ1) is 15.5. The maximum absolute atomic E-state index is 12.1. The van der Waals surface area contributed by atoms with Crippen LogP contribution < -0.4 is 5.32 Å². The van der Waals surface area contributed by atoms with Gasteiger partial charge in [-0.25, -0.2) is 0 Å². The Bertz CT molecular complexity index is 614. The van der Waals surface area contributed by atoms with Crippen LogP contribution in [0.4, 0.5) is 0 Å². The quantitative estimate of drug-likeness (QED) is 0.703. The third-order valence-electron chi connectivity index (χ3n) is 2.83. The van der Waals surface area contributed by atoms with Crippen molar-refractivity contribution in [2.24, 2.45) is 0 Å². The zero-order valence-corrected chi connectivity index (χ0v) is 14.4. The summed E-state index contributed by atoms with van der Waals surface area (Å²) in [5, 5.41) is 4.12. The van der Waals surface area contributed by atoms with Gasteiger partial charge in [-0.2, -0.15) is 0 Å². The van der Waals surface area contributed by atoms with Crippen molar-refractivity contribution in [3.05, 3.63) is 68.7 Å². The summed E-state index contributed by atoms with van der Waals surface area (Å²) in [6.45, 7) is 0.476. The number of carbonyl (C=O) groups is 1. The molecule has 0 spiro atoms. The summed E-state index contributed by atoms with van der Waals surface area (Å²) in [4.78, 5) is 12.1. The van der Waals surface area contributed by atoms with Gasteiger partial charge in [0.2, 0.25) is 0 Å². The van der Waals surface area contributed by atoms with Gasteiger partial charge in [-0.15, -0.1) is 0 Å². The summed E-state index contributed by atoms with van der Waals surface area (Å²) >= 11 is 12.8. The molecule has 0 radical (unpaired) electrons. The van der Waals surface area contributed by atoms with Crippen molar-refractivity contribution >= 4 is 49.4 Å². The van der Waals surface area contributed by atoms with Gasteiger partial charge in [0.05, 0.1) is 10.6 Å². The Morgan fingerprint density at radius 1 is 1.10 bits per heavy atom. The minimum absolute atomic E-state index is 0.180. The van der Waals surface area contributed by atoms with Gasteiger partial charge in [0, 0.05) is 16.3 Å². The molecule has 2 rings (SSSR count). The number of hydrogen-bond donors (Lipinski definition) is 1. The molecule has 5 heteroatoms. The first-order chi connectivity index (χ1) is 9.61. The van der Waals surface area contributed by atoms with Crippen LogP contribution in [-0.2, 0) is 11.9 Å². The average Bonchev–Trinajstić information content (AvgIpc) is 2.48. The molecule has 2 aromatic carbocycles. The van der Waals surface area contributed by atoms with E-state index in [0.717, 1.165) is 10.9 Å². The van der Waals surface area contributed by atoms with Crippen LogP contribution in [0.2, 0.25) is 5.02 Å². The van der Waals surface area contributed by atoms with E-state index in [2.05, 4.69) is 37.2 Å². The molecule has 0 atom stereocenters. The number of carbonyl (C=O) groups excluding carboxylic acids is 1. The topological polar surface area (TPSA) is 29.1 Å². The largest absolute Gasteiger partial charge is 0.348 e. The Morgan fingerprint density at radius 2 is 1.75 bits per heavy atom. The molecule has 0 saturated heterocycles. The molecule has 0 unspecified atom stereocenters. The lowest BCUT2D eigenvalue weighted by Gasteiger charge is -2.08. The van der Waals surface area contributed by atoms with Gasteiger partial charge in [-0.05, 0) is 39.2 Å². The van der Waals surface area contributed by atoms with Gasteiger partial charge in [0.25, 0.3) is 5.91 Å². The van der Waals surface area contributed by atoms with E-state index in [1.165, 1.54) is 5.56 Å². The highest BCUT2D eigenvalue weighted by atomic mass is 79.9. The number of halogens is 3. The first-order valence-corrected chi connectivity index (χ1v) is 8.27. The second-order valence-corrected chi connectivity index (χ2v) is 6.03. The molecule has 1 amide bonds. The van der Waals surface area contributed by atoms with Crippen molar-refractivity contribution in [2.45, 2.75) is 11.9 Å². The van der Waals surface area contributed by atoms with Crippen molar-refractivity contribution in [2.75, 3.05) is 0 Å². The Kier molecular flexibility index (Phi) is 5.64. The molecule has 2 nitrogen and oxygen atoms in total. The van der Waals surface area contributed by atoms with Crippen LogP contribution in [0.25, 0.3) is 0 Å². The van der Waals surface area contributed by atoms with E-state index in [9.17, 15) is 4.79 Å². The predicted molar refractivity (Wildman–Crippen MR) is 89.4 cm³/mol. The Labute approximate surface area is 139 Å². The third-order valence-corrected chi connectivity index (χ3v) is 4.77. The fourth-order valence-corrected chi connectivity index (χ4v) is 2.65. The Hall–Kier alpha value is -0.840. The standard InChI is InChI=1S/C15H12Br2ClNO/c16-8-10-4-6-11(7-5-10)9-19-15(20)12-2-1-3-13(17)14(12)18/h1-7H,8-9H2,(H,19,20). The van der Waals surface area contributed by atoms with Gasteiger partial charge >= 0.3 is 0 Å². The SMILES string of the molecule is O=C(NCc1ccc(CBr)cc1)c1cccc(Br)c1Cl. The molecule has 0 saturated carbocycles. The smallest absolute Gasteiger partial charge is 0.253 e. The summed E-state index contributed by atoms with van der Waals surface area (Å²) in [6, 6.07) is 13.4. The van der Waals surface area contributed by atoms with Crippen LogP contribution >= 0.6 is 43.5 Å². The molecular formula is C15H12Br2ClNO. The van der Waals surface area contributed by atoms with Crippen LogP contribution in [0.1, 0.15) is 21.5 Å². The molecular weight excluding hydrogens is 405 g/mol. The van der Waals surface area contributed by atoms with Crippen LogP contribution in [0.3, 0.4) is 0 Å². The van der Waals surface area contributed by atoms with E-state index in [0.29, 0.717) is 21.6 Å². The maximum Gasteiger partial charge on any atom is 0.253 e. The maximum atomic E-state index is 12.1. The number of benzene rings is 2. The number of amides is 1. The van der Waals surface area contributed by atoms with Crippen LogP contribution in [-0.4, -0.2) is 5.91 Å². The predicted octanol–water partition coefficient (Wildman–Crippen LogP) is 4.93. The Balaban J connectivity index is 2.02. The lowest BCUT2D eigenvalue weighted by Crippen LogP contribution is -2.23. The van der Waals surface area contributed by atoms with E-state index in [4.69, 9.17) is 11.6 Å². The molecule has 104 valence electrons. The molecule has 0 aromatic heterocycles. The fraction of sp³-hybridized carbons (Fsp3) is 0.133. The second kappa shape index (κ2) is 7.25. The highest BCUT2D eigenvalue weighted by molar-refractivity contribution is 9.10. The van der Waals surface area contributed by atoms with E-state index >= 15 is 0 Å². The number of hydrogen-bond acceptors (Lipinski definition) is 1. The van der Waals surface area contributed by atoms with Gasteiger partial charge in [0.15, 0.2) is 0 Å². The third kappa shape index (κ3) is 3.84. The number of rotatable bonds is 4. The van der Waals surface area contributed by atoms with Crippen molar-refractivity contribution in [3.8, 4) is 0 Å². The monoisotopic (exact) mass is 415 g/mol. The summed E-state index contributed by atoms with van der Waals surface area (Å²) < 4.78 is 0.716. The summed E-state index contributed by atoms with van der Waals surface area (Å²) in [6.07, 6.45) is 0. The van der Waals surface area contributed by atoms with E-state index in [1.807, 2.05) is 24.3 Å². The zero-order chi connectivity index (χ0) is 14.5. The molecule has 0 heterocycles. The van der Waals surface area contributed by atoms with E-state index < -0.39 is 0 Å². The molecule has 0 aliphatic rings. The molecule has 20 heavy (non-hydrogen) atoms.